The maximum atomic E-state index is 13.7. The minimum absolute atomic E-state index is 0.0902. The standard InChI is InChI=1S/C21H21F3N4O3/c1-29-17-11-15-16(12-18(17)30-2)26-20(27-19(15)21(22,23)24)25-13-3-5-14(6-4-13)28-7-9-31-10-8-28/h3-6,11-12H,7-10H2,1-2H3,(H,25,26,27). The molecule has 1 fully saturated rings. The highest BCUT2D eigenvalue weighted by atomic mass is 19.4. The molecule has 164 valence electrons. The Balaban J connectivity index is 1.68. The Hall–Kier alpha value is -3.27. The first-order chi connectivity index (χ1) is 14.9. The number of methoxy groups -OCH3 is 2. The SMILES string of the molecule is COc1cc2nc(Nc3ccc(N4CCOCC4)cc3)nc(C(F)(F)F)c2cc1OC. The molecule has 0 saturated carbocycles. The zero-order valence-electron chi connectivity index (χ0n) is 17.0. The fourth-order valence-corrected chi connectivity index (χ4v) is 3.43. The average Bonchev–Trinajstić information content (AvgIpc) is 2.78. The highest BCUT2D eigenvalue weighted by Gasteiger charge is 2.36. The quantitative estimate of drug-likeness (QED) is 0.644. The summed E-state index contributed by atoms with van der Waals surface area (Å²) in [5.74, 6) is 0.289. The number of alkyl halides is 3. The first-order valence-electron chi connectivity index (χ1n) is 9.60. The van der Waals surface area contributed by atoms with Gasteiger partial charge in [-0.05, 0) is 30.3 Å². The van der Waals surface area contributed by atoms with Crippen molar-refractivity contribution >= 4 is 28.2 Å². The molecule has 1 saturated heterocycles. The number of nitrogens with one attached hydrogen (secondary N) is 1. The Kier molecular flexibility index (Phi) is 5.73. The number of hydrogen-bond donors (Lipinski definition) is 1. The first-order valence-corrected chi connectivity index (χ1v) is 9.60. The molecule has 0 amide bonds. The lowest BCUT2D eigenvalue weighted by Crippen LogP contribution is -2.36. The van der Waals surface area contributed by atoms with E-state index in [0.717, 1.165) is 18.8 Å². The van der Waals surface area contributed by atoms with Gasteiger partial charge in [-0.3, -0.25) is 0 Å². The van der Waals surface area contributed by atoms with E-state index >= 15 is 0 Å². The summed E-state index contributed by atoms with van der Waals surface area (Å²) in [7, 11) is 2.76. The van der Waals surface area contributed by atoms with Crippen LogP contribution in [-0.2, 0) is 10.9 Å². The van der Waals surface area contributed by atoms with Crippen LogP contribution in [0.25, 0.3) is 10.9 Å². The van der Waals surface area contributed by atoms with Gasteiger partial charge in [-0.15, -0.1) is 0 Å². The van der Waals surface area contributed by atoms with Crippen LogP contribution >= 0.6 is 0 Å². The van der Waals surface area contributed by atoms with E-state index in [-0.39, 0.29) is 28.4 Å². The van der Waals surface area contributed by atoms with Crippen molar-refractivity contribution in [3.63, 3.8) is 0 Å². The number of rotatable bonds is 5. The molecule has 0 unspecified atom stereocenters. The number of benzene rings is 2. The molecule has 1 aliphatic rings. The number of nitrogens with zero attached hydrogens (tertiary/aromatic N) is 3. The topological polar surface area (TPSA) is 68.7 Å². The summed E-state index contributed by atoms with van der Waals surface area (Å²) in [6.07, 6.45) is -4.67. The highest BCUT2D eigenvalue weighted by Crippen LogP contribution is 2.39. The fourth-order valence-electron chi connectivity index (χ4n) is 3.43. The number of hydrogen-bond acceptors (Lipinski definition) is 7. The predicted molar refractivity (Wildman–Crippen MR) is 110 cm³/mol. The second-order valence-electron chi connectivity index (χ2n) is 6.89. The molecule has 1 N–H and O–H groups in total. The Labute approximate surface area is 176 Å². The number of anilines is 3. The summed E-state index contributed by atoms with van der Waals surface area (Å²) in [6.45, 7) is 2.92. The van der Waals surface area contributed by atoms with E-state index in [9.17, 15) is 13.2 Å². The van der Waals surface area contributed by atoms with E-state index in [1.807, 2.05) is 12.1 Å². The van der Waals surface area contributed by atoms with Crippen molar-refractivity contribution in [3.05, 3.63) is 42.1 Å². The van der Waals surface area contributed by atoms with Crippen LogP contribution in [0.5, 0.6) is 11.5 Å². The summed E-state index contributed by atoms with van der Waals surface area (Å²) < 4.78 is 56.8. The predicted octanol–water partition coefficient (Wildman–Crippen LogP) is 4.25. The van der Waals surface area contributed by atoms with Crippen LogP contribution in [-0.4, -0.2) is 50.5 Å². The summed E-state index contributed by atoms with van der Waals surface area (Å²) in [5, 5.41) is 2.70. The van der Waals surface area contributed by atoms with Gasteiger partial charge in [-0.2, -0.15) is 13.2 Å². The molecule has 7 nitrogen and oxygen atoms in total. The summed E-state index contributed by atoms with van der Waals surface area (Å²) in [4.78, 5) is 10.2. The van der Waals surface area contributed by atoms with Crippen LogP contribution in [0.15, 0.2) is 36.4 Å². The first kappa shape index (κ1) is 21.0. The monoisotopic (exact) mass is 434 g/mol. The molecule has 0 aliphatic carbocycles. The molecule has 0 atom stereocenters. The van der Waals surface area contributed by atoms with Crippen molar-refractivity contribution in [3.8, 4) is 11.5 Å². The van der Waals surface area contributed by atoms with E-state index < -0.39 is 11.9 Å². The van der Waals surface area contributed by atoms with Crippen molar-refractivity contribution in [2.24, 2.45) is 0 Å². The van der Waals surface area contributed by atoms with Gasteiger partial charge in [0.25, 0.3) is 0 Å². The van der Waals surface area contributed by atoms with Gasteiger partial charge in [0.05, 0.1) is 33.0 Å². The molecule has 3 aromatic rings. The van der Waals surface area contributed by atoms with Gasteiger partial charge in [0.15, 0.2) is 17.2 Å². The number of fused-ring (bicyclic) bond motifs is 1. The van der Waals surface area contributed by atoms with Crippen molar-refractivity contribution in [1.82, 2.24) is 9.97 Å². The minimum atomic E-state index is -4.67. The van der Waals surface area contributed by atoms with Gasteiger partial charge in [0.1, 0.15) is 0 Å². The average molecular weight is 434 g/mol. The number of halogens is 3. The molecule has 4 rings (SSSR count). The molecule has 0 bridgehead atoms. The van der Waals surface area contributed by atoms with Gasteiger partial charge in [-0.25, -0.2) is 9.97 Å². The summed E-state index contributed by atoms with van der Waals surface area (Å²) in [5.41, 5.74) is 0.629. The third-order valence-corrected chi connectivity index (χ3v) is 4.97. The van der Waals surface area contributed by atoms with E-state index in [1.165, 1.54) is 26.4 Å². The van der Waals surface area contributed by atoms with Crippen LogP contribution in [0, 0.1) is 0 Å². The lowest BCUT2D eigenvalue weighted by molar-refractivity contribution is -0.139. The van der Waals surface area contributed by atoms with Crippen LogP contribution in [0.1, 0.15) is 5.69 Å². The van der Waals surface area contributed by atoms with E-state index in [2.05, 4.69) is 20.2 Å². The molecule has 31 heavy (non-hydrogen) atoms. The Bertz CT molecular complexity index is 1070. The second-order valence-corrected chi connectivity index (χ2v) is 6.89. The third kappa shape index (κ3) is 4.43. The van der Waals surface area contributed by atoms with E-state index in [4.69, 9.17) is 14.2 Å². The summed E-state index contributed by atoms with van der Waals surface area (Å²) in [6, 6.07) is 9.98. The second kappa shape index (κ2) is 8.46. The zero-order chi connectivity index (χ0) is 22.0. The lowest BCUT2D eigenvalue weighted by Gasteiger charge is -2.28. The van der Waals surface area contributed by atoms with Crippen LogP contribution in [0.4, 0.5) is 30.5 Å². The largest absolute Gasteiger partial charge is 0.493 e. The molecular formula is C21H21F3N4O3. The molecule has 1 aromatic heterocycles. The highest BCUT2D eigenvalue weighted by molar-refractivity contribution is 5.86. The lowest BCUT2D eigenvalue weighted by atomic mass is 10.1. The van der Waals surface area contributed by atoms with E-state index in [0.29, 0.717) is 18.9 Å². The number of aromatic nitrogens is 2. The van der Waals surface area contributed by atoms with Gasteiger partial charge in [0.2, 0.25) is 5.95 Å². The van der Waals surface area contributed by atoms with Crippen LogP contribution < -0.4 is 19.7 Å². The number of morpholine rings is 1. The maximum Gasteiger partial charge on any atom is 0.434 e. The van der Waals surface area contributed by atoms with Gasteiger partial charge >= 0.3 is 6.18 Å². The Morgan fingerprint density at radius 2 is 1.61 bits per heavy atom. The zero-order valence-corrected chi connectivity index (χ0v) is 17.0. The van der Waals surface area contributed by atoms with Crippen LogP contribution in [0.2, 0.25) is 0 Å². The molecule has 2 aromatic carbocycles. The molecule has 2 heterocycles. The van der Waals surface area contributed by atoms with Crippen molar-refractivity contribution in [2.75, 3.05) is 50.7 Å². The van der Waals surface area contributed by atoms with Crippen molar-refractivity contribution in [2.45, 2.75) is 6.18 Å². The van der Waals surface area contributed by atoms with Gasteiger partial charge < -0.3 is 24.4 Å². The molecule has 1 aliphatic heterocycles. The Morgan fingerprint density at radius 3 is 2.23 bits per heavy atom. The molecule has 10 heteroatoms. The Morgan fingerprint density at radius 1 is 0.968 bits per heavy atom. The van der Waals surface area contributed by atoms with Gasteiger partial charge in [-0.1, -0.05) is 0 Å². The minimum Gasteiger partial charge on any atom is -0.493 e. The third-order valence-electron chi connectivity index (χ3n) is 4.97. The van der Waals surface area contributed by atoms with Gasteiger partial charge in [0, 0.05) is 35.9 Å². The van der Waals surface area contributed by atoms with Crippen LogP contribution in [0.3, 0.4) is 0 Å². The summed E-state index contributed by atoms with van der Waals surface area (Å²) >= 11 is 0. The molecular weight excluding hydrogens is 413 g/mol. The fraction of sp³-hybridized carbons (Fsp3) is 0.333. The normalized spacial score (nSPS) is 14.5. The maximum absolute atomic E-state index is 13.7. The van der Waals surface area contributed by atoms with Crippen molar-refractivity contribution < 1.29 is 27.4 Å². The smallest absolute Gasteiger partial charge is 0.434 e. The van der Waals surface area contributed by atoms with E-state index in [1.54, 1.807) is 12.1 Å². The molecule has 0 spiro atoms. The van der Waals surface area contributed by atoms with Crippen molar-refractivity contribution in [1.29, 1.82) is 0 Å². The molecule has 0 radical (unpaired) electrons. The number of ether oxygens (including phenoxy) is 3.